The first kappa shape index (κ1) is 16.7. The van der Waals surface area contributed by atoms with Crippen LogP contribution in [0.3, 0.4) is 0 Å². The number of hydrogen-bond donors (Lipinski definition) is 0. The summed E-state index contributed by atoms with van der Waals surface area (Å²) >= 11 is 5.79. The van der Waals surface area contributed by atoms with Gasteiger partial charge in [-0.15, -0.1) is 11.6 Å². The number of aryl methyl sites for hydroxylation is 1. The minimum absolute atomic E-state index is 0.580. The minimum atomic E-state index is -1.48. The molecule has 2 nitrogen and oxygen atoms in total. The van der Waals surface area contributed by atoms with Gasteiger partial charge in [0.15, 0.2) is 0 Å². The average molecular weight is 301 g/mol. The van der Waals surface area contributed by atoms with Crippen molar-refractivity contribution in [2.75, 3.05) is 13.2 Å². The molecular formula is C15H25ClO2Si. The molecule has 108 valence electrons. The van der Waals surface area contributed by atoms with Crippen molar-refractivity contribution in [3.05, 3.63) is 35.4 Å². The molecule has 0 spiro atoms. The lowest BCUT2D eigenvalue weighted by molar-refractivity contribution is 0.196. The number of alkyl halides is 1. The molecule has 4 heteroatoms. The molecule has 0 aliphatic rings. The molecule has 0 aliphatic heterocycles. The summed E-state index contributed by atoms with van der Waals surface area (Å²) in [6, 6.07) is 9.54. The first-order chi connectivity index (χ1) is 9.30. The van der Waals surface area contributed by atoms with Gasteiger partial charge in [0.05, 0.1) is 0 Å². The van der Waals surface area contributed by atoms with E-state index in [0.29, 0.717) is 5.88 Å². The zero-order chi connectivity index (χ0) is 13.9. The van der Waals surface area contributed by atoms with E-state index in [1.165, 1.54) is 11.1 Å². The standard InChI is InChI=1S/C15H25ClO2Si/c1-3-10-17-19(18-11-4-2)12-9-14-5-7-15(13-16)8-6-14/h5-8,19H,3-4,9-13H2,1-2H3. The van der Waals surface area contributed by atoms with Gasteiger partial charge in [0.25, 0.3) is 0 Å². The zero-order valence-corrected chi connectivity index (χ0v) is 13.9. The smallest absolute Gasteiger partial charge is 0.321 e. The van der Waals surface area contributed by atoms with Gasteiger partial charge in [0.1, 0.15) is 0 Å². The van der Waals surface area contributed by atoms with Gasteiger partial charge < -0.3 is 8.85 Å². The van der Waals surface area contributed by atoms with Crippen molar-refractivity contribution in [1.29, 1.82) is 0 Å². The molecule has 0 radical (unpaired) electrons. The van der Waals surface area contributed by atoms with E-state index in [4.69, 9.17) is 20.5 Å². The largest absolute Gasteiger partial charge is 0.397 e. The van der Waals surface area contributed by atoms with Crippen LogP contribution in [0, 0.1) is 0 Å². The van der Waals surface area contributed by atoms with Crippen LogP contribution in [-0.4, -0.2) is 22.5 Å². The average Bonchev–Trinajstić information content (AvgIpc) is 2.47. The van der Waals surface area contributed by atoms with Crippen molar-refractivity contribution in [1.82, 2.24) is 0 Å². The summed E-state index contributed by atoms with van der Waals surface area (Å²) in [5, 5.41) is 0. The van der Waals surface area contributed by atoms with Crippen molar-refractivity contribution < 1.29 is 8.85 Å². The molecule has 0 amide bonds. The molecule has 0 heterocycles. The van der Waals surface area contributed by atoms with E-state index in [0.717, 1.165) is 38.5 Å². The molecule has 0 bridgehead atoms. The molecule has 0 atom stereocenters. The van der Waals surface area contributed by atoms with Gasteiger partial charge in [-0.3, -0.25) is 0 Å². The lowest BCUT2D eigenvalue weighted by Crippen LogP contribution is -2.24. The molecule has 0 fully saturated rings. The Morgan fingerprint density at radius 3 is 1.95 bits per heavy atom. The van der Waals surface area contributed by atoms with E-state index in [2.05, 4.69) is 38.1 Å². The Kier molecular flexibility index (Phi) is 9.17. The van der Waals surface area contributed by atoms with Crippen molar-refractivity contribution in [3.63, 3.8) is 0 Å². The van der Waals surface area contributed by atoms with E-state index >= 15 is 0 Å². The lowest BCUT2D eigenvalue weighted by atomic mass is 10.1. The van der Waals surface area contributed by atoms with Gasteiger partial charge in [-0.05, 0) is 36.4 Å². The van der Waals surface area contributed by atoms with E-state index in [-0.39, 0.29) is 0 Å². The molecular weight excluding hydrogens is 276 g/mol. The van der Waals surface area contributed by atoms with Gasteiger partial charge in [0, 0.05) is 19.1 Å². The van der Waals surface area contributed by atoms with Gasteiger partial charge in [-0.2, -0.15) is 0 Å². The third kappa shape index (κ3) is 7.11. The minimum Gasteiger partial charge on any atom is -0.397 e. The second-order valence-corrected chi connectivity index (χ2v) is 7.03. The van der Waals surface area contributed by atoms with Crippen LogP contribution < -0.4 is 0 Å². The first-order valence-corrected chi connectivity index (χ1v) is 9.46. The monoisotopic (exact) mass is 300 g/mol. The summed E-state index contributed by atoms with van der Waals surface area (Å²) in [5.41, 5.74) is 2.51. The molecule has 0 aliphatic carbocycles. The van der Waals surface area contributed by atoms with Crippen LogP contribution >= 0.6 is 11.6 Å². The molecule has 0 aromatic heterocycles. The summed E-state index contributed by atoms with van der Waals surface area (Å²) in [7, 11) is -1.48. The van der Waals surface area contributed by atoms with Crippen LogP contribution in [0.5, 0.6) is 0 Å². The summed E-state index contributed by atoms with van der Waals surface area (Å²) in [5.74, 6) is 0.580. The summed E-state index contributed by atoms with van der Waals surface area (Å²) in [6.07, 6.45) is 3.15. The van der Waals surface area contributed by atoms with Gasteiger partial charge in [-0.25, -0.2) is 0 Å². The van der Waals surface area contributed by atoms with E-state index in [1.54, 1.807) is 0 Å². The van der Waals surface area contributed by atoms with E-state index < -0.39 is 9.28 Å². The molecule has 0 saturated carbocycles. The number of benzene rings is 1. The van der Waals surface area contributed by atoms with Crippen molar-refractivity contribution in [2.24, 2.45) is 0 Å². The zero-order valence-electron chi connectivity index (χ0n) is 12.0. The van der Waals surface area contributed by atoms with Crippen LogP contribution in [-0.2, 0) is 21.2 Å². The Bertz CT molecular complexity index is 321. The van der Waals surface area contributed by atoms with Crippen molar-refractivity contribution >= 4 is 20.9 Å². The fraction of sp³-hybridized carbons (Fsp3) is 0.600. The number of hydrogen-bond acceptors (Lipinski definition) is 2. The van der Waals surface area contributed by atoms with Gasteiger partial charge >= 0.3 is 9.28 Å². The fourth-order valence-corrected chi connectivity index (χ4v) is 3.97. The normalized spacial score (nSPS) is 11.2. The second-order valence-electron chi connectivity index (χ2n) is 4.66. The third-order valence-electron chi connectivity index (χ3n) is 2.86. The lowest BCUT2D eigenvalue weighted by Gasteiger charge is -2.16. The predicted octanol–water partition coefficient (Wildman–Crippen LogP) is 4.04. The SMILES string of the molecule is CCCO[SiH](CCc1ccc(CCl)cc1)OCCC. The Labute approximate surface area is 123 Å². The fourth-order valence-electron chi connectivity index (χ4n) is 1.79. The summed E-state index contributed by atoms with van der Waals surface area (Å²) < 4.78 is 11.7. The Morgan fingerprint density at radius 2 is 1.47 bits per heavy atom. The number of rotatable bonds is 10. The Hall–Kier alpha value is -0.353. The molecule has 1 aromatic carbocycles. The molecule has 19 heavy (non-hydrogen) atoms. The van der Waals surface area contributed by atoms with E-state index in [1.807, 2.05) is 0 Å². The van der Waals surface area contributed by atoms with Crippen LogP contribution in [0.1, 0.15) is 37.8 Å². The Morgan fingerprint density at radius 1 is 0.947 bits per heavy atom. The maximum Gasteiger partial charge on any atom is 0.321 e. The molecule has 0 saturated heterocycles. The van der Waals surface area contributed by atoms with E-state index in [9.17, 15) is 0 Å². The molecule has 0 unspecified atom stereocenters. The molecule has 1 rings (SSSR count). The quantitative estimate of drug-likeness (QED) is 0.479. The number of halogens is 1. The second kappa shape index (κ2) is 10.4. The van der Waals surface area contributed by atoms with Crippen LogP contribution in [0.2, 0.25) is 6.04 Å². The van der Waals surface area contributed by atoms with Crippen LogP contribution in [0.15, 0.2) is 24.3 Å². The van der Waals surface area contributed by atoms with Crippen LogP contribution in [0.25, 0.3) is 0 Å². The van der Waals surface area contributed by atoms with Crippen molar-refractivity contribution in [3.8, 4) is 0 Å². The molecule has 0 N–H and O–H groups in total. The van der Waals surface area contributed by atoms with Crippen molar-refractivity contribution in [2.45, 2.75) is 45.0 Å². The topological polar surface area (TPSA) is 18.5 Å². The summed E-state index contributed by atoms with van der Waals surface area (Å²) in [6.45, 7) is 5.92. The highest BCUT2D eigenvalue weighted by atomic mass is 35.5. The molecule has 1 aromatic rings. The highest BCUT2D eigenvalue weighted by Gasteiger charge is 2.12. The highest BCUT2D eigenvalue weighted by molar-refractivity contribution is 6.44. The first-order valence-electron chi connectivity index (χ1n) is 7.17. The Balaban J connectivity index is 2.39. The van der Waals surface area contributed by atoms with Gasteiger partial charge in [0.2, 0.25) is 0 Å². The maximum atomic E-state index is 5.86. The van der Waals surface area contributed by atoms with Gasteiger partial charge in [-0.1, -0.05) is 38.1 Å². The summed E-state index contributed by atoms with van der Waals surface area (Å²) in [4.78, 5) is 0. The van der Waals surface area contributed by atoms with Crippen LogP contribution in [0.4, 0.5) is 0 Å². The predicted molar refractivity (Wildman–Crippen MR) is 84.1 cm³/mol. The maximum absolute atomic E-state index is 5.86. The third-order valence-corrected chi connectivity index (χ3v) is 5.15. The highest BCUT2D eigenvalue weighted by Crippen LogP contribution is 2.11.